The first-order valence-electron chi connectivity index (χ1n) is 7.13. The number of benzene rings is 1. The molecule has 2 aromatic rings. The van der Waals surface area contributed by atoms with E-state index < -0.39 is 0 Å². The Balaban J connectivity index is 2.04. The molecule has 0 radical (unpaired) electrons. The van der Waals surface area contributed by atoms with Crippen LogP contribution in [0.1, 0.15) is 5.56 Å². The highest BCUT2D eigenvalue weighted by Crippen LogP contribution is 2.17. The van der Waals surface area contributed by atoms with E-state index in [4.69, 9.17) is 4.74 Å². The maximum atomic E-state index is 5.04. The highest BCUT2D eigenvalue weighted by molar-refractivity contribution is 5.80. The van der Waals surface area contributed by atoms with Crippen LogP contribution < -0.4 is 5.32 Å². The summed E-state index contributed by atoms with van der Waals surface area (Å²) in [7, 11) is 5.94. The number of hydrogen-bond donors (Lipinski definition) is 1. The molecular weight excluding hydrogens is 250 g/mol. The quantitative estimate of drug-likeness (QED) is 0.747. The van der Waals surface area contributed by atoms with Crippen molar-refractivity contribution < 1.29 is 4.74 Å². The van der Waals surface area contributed by atoms with Crippen molar-refractivity contribution in [3.05, 3.63) is 36.0 Å². The summed E-state index contributed by atoms with van der Waals surface area (Å²) < 4.78 is 7.37. The lowest BCUT2D eigenvalue weighted by Gasteiger charge is -2.12. The first-order chi connectivity index (χ1) is 9.70. The van der Waals surface area contributed by atoms with Crippen LogP contribution >= 0.6 is 0 Å². The summed E-state index contributed by atoms with van der Waals surface area (Å²) in [5.74, 6) is 0. The second-order valence-electron chi connectivity index (χ2n) is 5.38. The number of nitrogens with one attached hydrogen (secondary N) is 1. The Morgan fingerprint density at radius 1 is 1.25 bits per heavy atom. The van der Waals surface area contributed by atoms with Gasteiger partial charge in [-0.1, -0.05) is 12.1 Å². The van der Waals surface area contributed by atoms with Crippen LogP contribution in [0, 0.1) is 0 Å². The van der Waals surface area contributed by atoms with Crippen molar-refractivity contribution in [3.8, 4) is 0 Å². The molecule has 1 heterocycles. The topological polar surface area (TPSA) is 29.4 Å². The molecule has 110 valence electrons. The molecule has 1 aromatic carbocycles. The van der Waals surface area contributed by atoms with E-state index in [1.165, 1.54) is 16.5 Å². The molecule has 4 heteroatoms. The third kappa shape index (κ3) is 4.07. The van der Waals surface area contributed by atoms with E-state index in [2.05, 4.69) is 59.3 Å². The van der Waals surface area contributed by atoms with E-state index in [0.717, 1.165) is 32.8 Å². The molecule has 1 aromatic heterocycles. The summed E-state index contributed by atoms with van der Waals surface area (Å²) in [5.41, 5.74) is 2.64. The lowest BCUT2D eigenvalue weighted by Crippen LogP contribution is -2.19. The van der Waals surface area contributed by atoms with Gasteiger partial charge in [-0.05, 0) is 37.2 Å². The van der Waals surface area contributed by atoms with Gasteiger partial charge in [0.2, 0.25) is 0 Å². The molecule has 0 atom stereocenters. The second kappa shape index (κ2) is 7.43. The molecule has 0 unspecified atom stereocenters. The molecule has 1 N–H and O–H groups in total. The van der Waals surface area contributed by atoms with Crippen molar-refractivity contribution in [2.45, 2.75) is 13.1 Å². The van der Waals surface area contributed by atoms with Gasteiger partial charge in [0.05, 0.1) is 6.61 Å². The Hall–Kier alpha value is -1.36. The summed E-state index contributed by atoms with van der Waals surface area (Å²) in [5, 5.41) is 4.70. The van der Waals surface area contributed by atoms with E-state index in [9.17, 15) is 0 Å². The number of methoxy groups -OCH3 is 1. The van der Waals surface area contributed by atoms with Gasteiger partial charge in [0.25, 0.3) is 0 Å². The lowest BCUT2D eigenvalue weighted by atomic mass is 10.1. The van der Waals surface area contributed by atoms with E-state index in [1.54, 1.807) is 7.11 Å². The molecule has 4 nitrogen and oxygen atoms in total. The molecule has 0 aliphatic carbocycles. The van der Waals surface area contributed by atoms with Crippen LogP contribution in [0.3, 0.4) is 0 Å². The SMILES string of the molecule is COCCNCc1ccc2ccn(CCN(C)C)c2c1. The Bertz CT molecular complexity index is 534. The van der Waals surface area contributed by atoms with Gasteiger partial charge in [-0.2, -0.15) is 0 Å². The Labute approximate surface area is 121 Å². The molecule has 0 fully saturated rings. The second-order valence-corrected chi connectivity index (χ2v) is 5.38. The van der Waals surface area contributed by atoms with Gasteiger partial charge >= 0.3 is 0 Å². The highest BCUT2D eigenvalue weighted by Gasteiger charge is 2.03. The van der Waals surface area contributed by atoms with Crippen molar-refractivity contribution >= 4 is 10.9 Å². The van der Waals surface area contributed by atoms with Crippen molar-refractivity contribution in [1.82, 2.24) is 14.8 Å². The van der Waals surface area contributed by atoms with Crippen molar-refractivity contribution in [1.29, 1.82) is 0 Å². The Morgan fingerprint density at radius 2 is 2.10 bits per heavy atom. The summed E-state index contributed by atoms with van der Waals surface area (Å²) in [6.07, 6.45) is 2.18. The zero-order valence-electron chi connectivity index (χ0n) is 12.7. The summed E-state index contributed by atoms with van der Waals surface area (Å²) >= 11 is 0. The fourth-order valence-electron chi connectivity index (χ4n) is 2.25. The smallest absolute Gasteiger partial charge is 0.0587 e. The van der Waals surface area contributed by atoms with Crippen LogP contribution in [0.5, 0.6) is 0 Å². The van der Waals surface area contributed by atoms with Crippen molar-refractivity contribution in [3.63, 3.8) is 0 Å². The number of nitrogens with zero attached hydrogens (tertiary/aromatic N) is 2. The minimum Gasteiger partial charge on any atom is -0.383 e. The first kappa shape index (κ1) is 15.0. The van der Waals surface area contributed by atoms with Gasteiger partial charge < -0.3 is 19.5 Å². The average molecular weight is 275 g/mol. The fraction of sp³-hybridized carbons (Fsp3) is 0.500. The number of aromatic nitrogens is 1. The van der Waals surface area contributed by atoms with Crippen LogP contribution in [0.15, 0.2) is 30.5 Å². The third-order valence-corrected chi connectivity index (χ3v) is 3.44. The summed E-state index contributed by atoms with van der Waals surface area (Å²) in [6, 6.07) is 8.87. The molecule has 0 bridgehead atoms. The molecule has 0 amide bonds. The normalized spacial score (nSPS) is 11.6. The zero-order chi connectivity index (χ0) is 14.4. The van der Waals surface area contributed by atoms with Gasteiger partial charge in [0.15, 0.2) is 0 Å². The van der Waals surface area contributed by atoms with Gasteiger partial charge in [-0.15, -0.1) is 0 Å². The van der Waals surface area contributed by atoms with Crippen LogP contribution in [-0.4, -0.2) is 50.4 Å². The molecule has 0 saturated heterocycles. The monoisotopic (exact) mass is 275 g/mol. The van der Waals surface area contributed by atoms with Crippen molar-refractivity contribution in [2.75, 3.05) is 40.9 Å². The number of likely N-dealkylation sites (N-methyl/N-ethyl adjacent to an activating group) is 1. The van der Waals surface area contributed by atoms with E-state index >= 15 is 0 Å². The Kier molecular flexibility index (Phi) is 5.59. The maximum Gasteiger partial charge on any atom is 0.0587 e. The predicted molar refractivity (Wildman–Crippen MR) is 84.1 cm³/mol. The molecule has 0 spiro atoms. The molecule has 20 heavy (non-hydrogen) atoms. The first-order valence-corrected chi connectivity index (χ1v) is 7.13. The van der Waals surface area contributed by atoms with Crippen molar-refractivity contribution in [2.24, 2.45) is 0 Å². The van der Waals surface area contributed by atoms with Gasteiger partial charge in [0, 0.05) is 45.0 Å². The molecular formula is C16H25N3O. The minimum absolute atomic E-state index is 0.751. The summed E-state index contributed by atoms with van der Waals surface area (Å²) in [4.78, 5) is 2.21. The number of ether oxygens (including phenoxy) is 1. The van der Waals surface area contributed by atoms with Crippen LogP contribution in [0.2, 0.25) is 0 Å². The summed E-state index contributed by atoms with van der Waals surface area (Å²) in [6.45, 7) is 4.60. The van der Waals surface area contributed by atoms with E-state index in [-0.39, 0.29) is 0 Å². The van der Waals surface area contributed by atoms with Gasteiger partial charge in [-0.3, -0.25) is 0 Å². The van der Waals surface area contributed by atoms with Crippen LogP contribution in [0.25, 0.3) is 10.9 Å². The largest absolute Gasteiger partial charge is 0.383 e. The predicted octanol–water partition coefficient (Wildman–Crippen LogP) is 1.94. The number of rotatable bonds is 8. The molecule has 0 aliphatic heterocycles. The molecule has 0 aliphatic rings. The molecule has 2 rings (SSSR count). The highest BCUT2D eigenvalue weighted by atomic mass is 16.5. The number of fused-ring (bicyclic) bond motifs is 1. The molecule has 0 saturated carbocycles. The van der Waals surface area contributed by atoms with Gasteiger partial charge in [0.1, 0.15) is 0 Å². The number of hydrogen-bond acceptors (Lipinski definition) is 3. The minimum atomic E-state index is 0.751. The fourth-order valence-corrected chi connectivity index (χ4v) is 2.25. The van der Waals surface area contributed by atoms with Crippen LogP contribution in [-0.2, 0) is 17.8 Å². The van der Waals surface area contributed by atoms with Gasteiger partial charge in [-0.25, -0.2) is 0 Å². The standard InChI is InChI=1S/C16H25N3O/c1-18(2)9-10-19-8-6-15-5-4-14(12-16(15)19)13-17-7-11-20-3/h4-6,8,12,17H,7,9-11,13H2,1-3H3. The lowest BCUT2D eigenvalue weighted by molar-refractivity contribution is 0.199. The van der Waals surface area contributed by atoms with E-state index in [0.29, 0.717) is 0 Å². The average Bonchev–Trinajstić information content (AvgIpc) is 2.84. The third-order valence-electron chi connectivity index (χ3n) is 3.44. The van der Waals surface area contributed by atoms with Crippen LogP contribution in [0.4, 0.5) is 0 Å². The zero-order valence-corrected chi connectivity index (χ0v) is 12.7. The maximum absolute atomic E-state index is 5.04. The Morgan fingerprint density at radius 3 is 2.85 bits per heavy atom. The van der Waals surface area contributed by atoms with E-state index in [1.807, 2.05) is 0 Å².